The summed E-state index contributed by atoms with van der Waals surface area (Å²) in [5.74, 6) is 0.656. The number of carbonyl (C=O) groups is 2. The van der Waals surface area contributed by atoms with Gasteiger partial charge in [-0.1, -0.05) is 12.1 Å². The van der Waals surface area contributed by atoms with Gasteiger partial charge in [-0.3, -0.25) is 9.59 Å². The van der Waals surface area contributed by atoms with Gasteiger partial charge in [0.25, 0.3) is 5.91 Å². The molecule has 0 aliphatic carbocycles. The number of nitrogens with one attached hydrogen (secondary N) is 2. The van der Waals surface area contributed by atoms with Gasteiger partial charge in [-0.2, -0.15) is 0 Å². The highest BCUT2D eigenvalue weighted by Gasteiger charge is 2.11. The van der Waals surface area contributed by atoms with Gasteiger partial charge in [0.05, 0.1) is 12.8 Å². The Morgan fingerprint density at radius 2 is 1.76 bits per heavy atom. The van der Waals surface area contributed by atoms with Crippen molar-refractivity contribution in [3.63, 3.8) is 0 Å². The number of carbonyl (C=O) groups excluding carboxylic acids is 2. The molecule has 0 saturated carbocycles. The van der Waals surface area contributed by atoms with Crippen LogP contribution in [-0.4, -0.2) is 25.5 Å². The third-order valence-corrected chi connectivity index (χ3v) is 3.50. The fourth-order valence-corrected chi connectivity index (χ4v) is 2.28. The van der Waals surface area contributed by atoms with E-state index in [-0.39, 0.29) is 18.4 Å². The van der Waals surface area contributed by atoms with E-state index in [1.54, 1.807) is 18.2 Å². The first-order chi connectivity index (χ1) is 11.9. The molecule has 0 saturated heterocycles. The highest BCUT2D eigenvalue weighted by atomic mass is 16.5. The summed E-state index contributed by atoms with van der Waals surface area (Å²) in [7, 11) is 1.51. The van der Waals surface area contributed by atoms with Crippen LogP contribution < -0.4 is 20.1 Å². The lowest BCUT2D eigenvalue weighted by molar-refractivity contribution is -0.118. The molecule has 132 valence electrons. The molecule has 2 N–H and O–H groups in total. The third kappa shape index (κ3) is 5.24. The first kappa shape index (κ1) is 18.3. The Hall–Kier alpha value is -3.02. The summed E-state index contributed by atoms with van der Waals surface area (Å²) < 4.78 is 10.8. The molecule has 25 heavy (non-hydrogen) atoms. The fourth-order valence-electron chi connectivity index (χ4n) is 2.28. The van der Waals surface area contributed by atoms with E-state index < -0.39 is 0 Å². The van der Waals surface area contributed by atoms with Gasteiger partial charge in [-0.25, -0.2) is 0 Å². The van der Waals surface area contributed by atoms with Crippen molar-refractivity contribution >= 4 is 23.2 Å². The summed E-state index contributed by atoms with van der Waals surface area (Å²) >= 11 is 0. The van der Waals surface area contributed by atoms with E-state index in [1.165, 1.54) is 14.0 Å². The van der Waals surface area contributed by atoms with Crippen molar-refractivity contribution in [2.24, 2.45) is 0 Å². The van der Waals surface area contributed by atoms with E-state index in [0.717, 1.165) is 11.1 Å². The Morgan fingerprint density at radius 1 is 1.00 bits per heavy atom. The van der Waals surface area contributed by atoms with Crippen molar-refractivity contribution in [3.8, 4) is 11.5 Å². The van der Waals surface area contributed by atoms with Gasteiger partial charge < -0.3 is 20.1 Å². The number of hydrogen-bond donors (Lipinski definition) is 2. The van der Waals surface area contributed by atoms with Crippen molar-refractivity contribution in [1.82, 2.24) is 0 Å². The maximum absolute atomic E-state index is 12.2. The van der Waals surface area contributed by atoms with Crippen molar-refractivity contribution in [3.05, 3.63) is 47.5 Å². The van der Waals surface area contributed by atoms with E-state index in [4.69, 9.17) is 9.47 Å². The number of aryl methyl sites for hydroxylation is 2. The second-order valence-corrected chi connectivity index (χ2v) is 5.70. The molecule has 0 atom stereocenters. The minimum Gasteiger partial charge on any atom is -0.495 e. The minimum atomic E-state index is -0.320. The van der Waals surface area contributed by atoms with Crippen LogP contribution in [0.1, 0.15) is 18.1 Å². The Morgan fingerprint density at radius 3 is 2.44 bits per heavy atom. The summed E-state index contributed by atoms with van der Waals surface area (Å²) in [5.41, 5.74) is 3.05. The van der Waals surface area contributed by atoms with Gasteiger partial charge in [0.2, 0.25) is 5.91 Å². The van der Waals surface area contributed by atoms with E-state index in [9.17, 15) is 9.59 Å². The second-order valence-electron chi connectivity index (χ2n) is 5.70. The molecule has 0 spiro atoms. The zero-order valence-electron chi connectivity index (χ0n) is 14.8. The topological polar surface area (TPSA) is 76.7 Å². The lowest BCUT2D eigenvalue weighted by atomic mass is 10.1. The van der Waals surface area contributed by atoms with Crippen LogP contribution in [0.5, 0.6) is 11.5 Å². The van der Waals surface area contributed by atoms with Crippen molar-refractivity contribution < 1.29 is 19.1 Å². The number of hydrogen-bond acceptors (Lipinski definition) is 4. The van der Waals surface area contributed by atoms with Gasteiger partial charge in [-0.15, -0.1) is 0 Å². The third-order valence-electron chi connectivity index (χ3n) is 3.50. The normalized spacial score (nSPS) is 10.1. The van der Waals surface area contributed by atoms with Crippen molar-refractivity contribution in [2.75, 3.05) is 24.4 Å². The standard InChI is InChI=1S/C19H22N2O4/c1-12-5-6-13(2)18(9-12)25-11-19(23)21-16-10-15(20-14(3)22)7-8-17(16)24-4/h5-10H,11H2,1-4H3,(H,20,22)(H,21,23). The SMILES string of the molecule is COc1ccc(NC(C)=O)cc1NC(=O)COc1cc(C)ccc1C. The minimum absolute atomic E-state index is 0.127. The Bertz CT molecular complexity index is 787. The maximum atomic E-state index is 12.2. The van der Waals surface area contributed by atoms with Crippen LogP contribution >= 0.6 is 0 Å². The number of anilines is 2. The molecule has 2 aromatic rings. The number of benzene rings is 2. The van der Waals surface area contributed by atoms with Gasteiger partial charge in [0.1, 0.15) is 11.5 Å². The zero-order valence-corrected chi connectivity index (χ0v) is 14.8. The second kappa shape index (κ2) is 8.19. The molecular weight excluding hydrogens is 320 g/mol. The summed E-state index contributed by atoms with van der Waals surface area (Å²) in [4.78, 5) is 23.4. The largest absolute Gasteiger partial charge is 0.495 e. The quantitative estimate of drug-likeness (QED) is 0.844. The van der Waals surface area contributed by atoms with E-state index in [2.05, 4.69) is 10.6 Å². The molecule has 0 aromatic heterocycles. The predicted molar refractivity (Wildman–Crippen MR) is 97.3 cm³/mol. The summed E-state index contributed by atoms with van der Waals surface area (Å²) in [6.45, 7) is 5.18. The van der Waals surface area contributed by atoms with Crippen LogP contribution in [0.4, 0.5) is 11.4 Å². The maximum Gasteiger partial charge on any atom is 0.262 e. The molecule has 2 amide bonds. The molecule has 2 rings (SSSR count). The Labute approximate surface area is 147 Å². The van der Waals surface area contributed by atoms with E-state index >= 15 is 0 Å². The van der Waals surface area contributed by atoms with Crippen LogP contribution in [0.3, 0.4) is 0 Å². The van der Waals surface area contributed by atoms with E-state index in [0.29, 0.717) is 22.9 Å². The number of methoxy groups -OCH3 is 1. The molecule has 6 heteroatoms. The van der Waals surface area contributed by atoms with Crippen molar-refractivity contribution in [2.45, 2.75) is 20.8 Å². The highest BCUT2D eigenvalue weighted by molar-refractivity contribution is 5.95. The van der Waals surface area contributed by atoms with Crippen LogP contribution in [0, 0.1) is 13.8 Å². The highest BCUT2D eigenvalue weighted by Crippen LogP contribution is 2.28. The molecule has 2 aromatic carbocycles. The monoisotopic (exact) mass is 342 g/mol. The lowest BCUT2D eigenvalue weighted by Gasteiger charge is -2.13. The molecule has 0 fully saturated rings. The summed E-state index contributed by atoms with van der Waals surface area (Å²) in [6.07, 6.45) is 0. The molecule has 0 bridgehead atoms. The predicted octanol–water partition coefficient (Wildman–Crippen LogP) is 3.29. The average molecular weight is 342 g/mol. The molecule has 0 unspecified atom stereocenters. The average Bonchev–Trinajstić information content (AvgIpc) is 2.55. The van der Waals surface area contributed by atoms with Gasteiger partial charge in [0, 0.05) is 12.6 Å². The number of rotatable bonds is 6. The van der Waals surface area contributed by atoms with Crippen LogP contribution in [-0.2, 0) is 9.59 Å². The van der Waals surface area contributed by atoms with Gasteiger partial charge in [0.15, 0.2) is 6.61 Å². The number of amides is 2. The lowest BCUT2D eigenvalue weighted by Crippen LogP contribution is -2.21. The van der Waals surface area contributed by atoms with Crippen LogP contribution in [0.15, 0.2) is 36.4 Å². The molecular formula is C19H22N2O4. The van der Waals surface area contributed by atoms with Gasteiger partial charge in [-0.05, 0) is 49.2 Å². The van der Waals surface area contributed by atoms with E-state index in [1.807, 2.05) is 32.0 Å². The van der Waals surface area contributed by atoms with Crippen LogP contribution in [0.2, 0.25) is 0 Å². The van der Waals surface area contributed by atoms with Crippen molar-refractivity contribution in [1.29, 1.82) is 0 Å². The molecule has 0 aliphatic heterocycles. The molecule has 0 radical (unpaired) electrons. The number of ether oxygens (including phenoxy) is 2. The molecule has 6 nitrogen and oxygen atoms in total. The first-order valence-corrected chi connectivity index (χ1v) is 7.84. The summed E-state index contributed by atoms with van der Waals surface area (Å²) in [5, 5.41) is 5.40. The Balaban J connectivity index is 2.06. The fraction of sp³-hybridized carbons (Fsp3) is 0.263. The smallest absolute Gasteiger partial charge is 0.262 e. The first-order valence-electron chi connectivity index (χ1n) is 7.84. The van der Waals surface area contributed by atoms with Crippen LogP contribution in [0.25, 0.3) is 0 Å². The summed E-state index contributed by atoms with van der Waals surface area (Å²) in [6, 6.07) is 10.8. The Kier molecular flexibility index (Phi) is 6.00. The zero-order chi connectivity index (χ0) is 18.4. The molecule has 0 aliphatic rings. The molecule has 0 heterocycles. The van der Waals surface area contributed by atoms with Gasteiger partial charge >= 0.3 is 0 Å².